The summed E-state index contributed by atoms with van der Waals surface area (Å²) in [5, 5.41) is 7.43. The molecule has 3 aromatic carbocycles. The van der Waals surface area contributed by atoms with E-state index in [-0.39, 0.29) is 5.91 Å². The number of nitrogens with zero attached hydrogens (tertiary/aromatic N) is 2. The number of aromatic nitrogens is 2. The molecule has 1 aliphatic heterocycles. The minimum Gasteiger partial charge on any atom is -0.457 e. The second-order valence-electron chi connectivity index (χ2n) is 7.30. The van der Waals surface area contributed by atoms with Crippen LogP contribution in [0, 0.1) is 0 Å². The molecule has 5 heteroatoms. The van der Waals surface area contributed by atoms with E-state index in [1.165, 1.54) is 0 Å². The number of carbonyl (C=O) groups excluding carboxylic acids is 1. The summed E-state index contributed by atoms with van der Waals surface area (Å²) in [4.78, 5) is 13.3. The molecule has 1 N–H and O–H groups in total. The van der Waals surface area contributed by atoms with Crippen molar-refractivity contribution >= 4 is 5.91 Å². The van der Waals surface area contributed by atoms with Crippen LogP contribution >= 0.6 is 0 Å². The second kappa shape index (κ2) is 7.87. The van der Waals surface area contributed by atoms with Crippen LogP contribution in [0.5, 0.6) is 11.5 Å². The van der Waals surface area contributed by atoms with Crippen LogP contribution in [0.15, 0.2) is 91.3 Å². The van der Waals surface area contributed by atoms with E-state index in [0.29, 0.717) is 13.1 Å². The highest BCUT2D eigenvalue weighted by Crippen LogP contribution is 2.43. The average molecular weight is 395 g/mol. The van der Waals surface area contributed by atoms with Crippen molar-refractivity contribution in [2.75, 3.05) is 0 Å². The summed E-state index contributed by atoms with van der Waals surface area (Å²) in [5.41, 5.74) is 3.99. The molecule has 5 nitrogen and oxygen atoms in total. The van der Waals surface area contributed by atoms with Gasteiger partial charge in [0, 0.05) is 30.1 Å². The Hall–Kier alpha value is -3.86. The number of fused-ring (bicyclic) bond motifs is 2. The van der Waals surface area contributed by atoms with Crippen molar-refractivity contribution in [1.29, 1.82) is 0 Å². The van der Waals surface area contributed by atoms with Crippen LogP contribution < -0.4 is 10.1 Å². The molecule has 2 heterocycles. The fourth-order valence-electron chi connectivity index (χ4n) is 3.93. The zero-order valence-electron chi connectivity index (χ0n) is 16.4. The lowest BCUT2D eigenvalue weighted by atomic mass is 9.87. The third kappa shape index (κ3) is 3.46. The lowest BCUT2D eigenvalue weighted by molar-refractivity contribution is -0.122. The van der Waals surface area contributed by atoms with Gasteiger partial charge < -0.3 is 10.1 Å². The van der Waals surface area contributed by atoms with E-state index in [1.54, 1.807) is 6.20 Å². The third-order valence-electron chi connectivity index (χ3n) is 5.41. The molecular formula is C25H21N3O2. The molecule has 1 aliphatic rings. The van der Waals surface area contributed by atoms with Gasteiger partial charge >= 0.3 is 0 Å². The first-order chi connectivity index (χ1) is 14.8. The maximum absolute atomic E-state index is 13.3. The second-order valence-corrected chi connectivity index (χ2v) is 7.30. The molecule has 5 rings (SSSR count). The summed E-state index contributed by atoms with van der Waals surface area (Å²) in [6.45, 7) is 1.12. The molecule has 30 heavy (non-hydrogen) atoms. The molecule has 0 spiro atoms. The van der Waals surface area contributed by atoms with Crippen LogP contribution in [-0.4, -0.2) is 15.7 Å². The van der Waals surface area contributed by atoms with Crippen molar-refractivity contribution in [1.82, 2.24) is 15.1 Å². The van der Waals surface area contributed by atoms with Gasteiger partial charge in [-0.25, -0.2) is 0 Å². The predicted molar refractivity (Wildman–Crippen MR) is 114 cm³/mol. The number of rotatable bonds is 5. The van der Waals surface area contributed by atoms with Gasteiger partial charge in [-0.1, -0.05) is 60.7 Å². The van der Waals surface area contributed by atoms with Crippen molar-refractivity contribution < 1.29 is 9.53 Å². The molecule has 0 fully saturated rings. The molecule has 0 saturated carbocycles. The van der Waals surface area contributed by atoms with Crippen LogP contribution in [0.2, 0.25) is 0 Å². The van der Waals surface area contributed by atoms with Gasteiger partial charge in [-0.15, -0.1) is 0 Å². The summed E-state index contributed by atoms with van der Waals surface area (Å²) < 4.78 is 7.89. The monoisotopic (exact) mass is 395 g/mol. The first kappa shape index (κ1) is 18.2. The normalized spacial score (nSPS) is 12.5. The van der Waals surface area contributed by atoms with Crippen molar-refractivity contribution in [2.24, 2.45) is 0 Å². The molecular weight excluding hydrogens is 374 g/mol. The average Bonchev–Trinajstić information content (AvgIpc) is 3.30. The van der Waals surface area contributed by atoms with E-state index in [1.807, 2.05) is 83.7 Å². The van der Waals surface area contributed by atoms with E-state index < -0.39 is 5.92 Å². The highest BCUT2D eigenvalue weighted by atomic mass is 16.5. The number of hydrogen-bond donors (Lipinski definition) is 1. The number of amides is 1. The highest BCUT2D eigenvalue weighted by molar-refractivity contribution is 5.89. The van der Waals surface area contributed by atoms with Gasteiger partial charge in [0.2, 0.25) is 5.91 Å². The molecule has 0 bridgehead atoms. The summed E-state index contributed by atoms with van der Waals surface area (Å²) in [6, 6.07) is 25.5. The fourth-order valence-corrected chi connectivity index (χ4v) is 3.93. The Morgan fingerprint density at radius 3 is 2.17 bits per heavy atom. The Morgan fingerprint density at radius 2 is 1.50 bits per heavy atom. The topological polar surface area (TPSA) is 56.2 Å². The number of para-hydroxylation sites is 2. The Labute approximate surface area is 174 Å². The van der Waals surface area contributed by atoms with E-state index in [2.05, 4.69) is 16.5 Å². The lowest BCUT2D eigenvalue weighted by Gasteiger charge is -2.27. The Bertz CT molecular complexity index is 1140. The SMILES string of the molecule is O=C(NCc1ccccc1Cn1cccn1)C1c2ccccc2Oc2ccccc21. The van der Waals surface area contributed by atoms with Crippen LogP contribution in [0.3, 0.4) is 0 Å². The number of hydrogen-bond acceptors (Lipinski definition) is 3. The van der Waals surface area contributed by atoms with Crippen molar-refractivity contribution in [2.45, 2.75) is 19.0 Å². The van der Waals surface area contributed by atoms with Crippen molar-refractivity contribution in [3.05, 3.63) is 114 Å². The molecule has 1 aromatic heterocycles. The van der Waals surface area contributed by atoms with Crippen LogP contribution in [0.4, 0.5) is 0 Å². The number of benzene rings is 3. The van der Waals surface area contributed by atoms with Crippen LogP contribution in [0.1, 0.15) is 28.2 Å². The minimum absolute atomic E-state index is 0.0351. The Kier molecular flexibility index (Phi) is 4.77. The van der Waals surface area contributed by atoms with E-state index in [9.17, 15) is 4.79 Å². The molecule has 4 aromatic rings. The molecule has 148 valence electrons. The fraction of sp³-hybridized carbons (Fsp3) is 0.120. The van der Waals surface area contributed by atoms with E-state index in [4.69, 9.17) is 4.74 Å². The quantitative estimate of drug-likeness (QED) is 0.542. The van der Waals surface area contributed by atoms with Gasteiger partial charge in [-0.3, -0.25) is 9.48 Å². The molecule has 1 amide bonds. The van der Waals surface area contributed by atoms with Gasteiger partial charge in [0.25, 0.3) is 0 Å². The first-order valence-electron chi connectivity index (χ1n) is 9.97. The van der Waals surface area contributed by atoms with Gasteiger partial charge in [-0.2, -0.15) is 5.10 Å². The van der Waals surface area contributed by atoms with Crippen molar-refractivity contribution in [3.8, 4) is 11.5 Å². The Balaban J connectivity index is 1.40. The maximum Gasteiger partial charge on any atom is 0.232 e. The molecule has 0 unspecified atom stereocenters. The smallest absolute Gasteiger partial charge is 0.232 e. The van der Waals surface area contributed by atoms with Crippen LogP contribution in [-0.2, 0) is 17.9 Å². The molecule has 0 radical (unpaired) electrons. The highest BCUT2D eigenvalue weighted by Gasteiger charge is 2.32. The predicted octanol–water partition coefficient (Wildman–Crippen LogP) is 4.49. The van der Waals surface area contributed by atoms with Gasteiger partial charge in [-0.05, 0) is 29.3 Å². The minimum atomic E-state index is -0.399. The maximum atomic E-state index is 13.3. The summed E-state index contributed by atoms with van der Waals surface area (Å²) in [6.07, 6.45) is 3.70. The van der Waals surface area contributed by atoms with Gasteiger partial charge in [0.1, 0.15) is 11.5 Å². The summed E-state index contributed by atoms with van der Waals surface area (Å²) in [5.74, 6) is 1.03. The number of ether oxygens (including phenoxy) is 1. The van der Waals surface area contributed by atoms with E-state index >= 15 is 0 Å². The molecule has 0 saturated heterocycles. The summed E-state index contributed by atoms with van der Waals surface area (Å²) >= 11 is 0. The molecule has 0 atom stereocenters. The van der Waals surface area contributed by atoms with Crippen LogP contribution in [0.25, 0.3) is 0 Å². The Morgan fingerprint density at radius 1 is 0.867 bits per heavy atom. The lowest BCUT2D eigenvalue weighted by Crippen LogP contribution is -2.31. The van der Waals surface area contributed by atoms with Crippen molar-refractivity contribution in [3.63, 3.8) is 0 Å². The zero-order valence-corrected chi connectivity index (χ0v) is 16.4. The van der Waals surface area contributed by atoms with E-state index in [0.717, 1.165) is 33.8 Å². The zero-order chi connectivity index (χ0) is 20.3. The summed E-state index contributed by atoms with van der Waals surface area (Å²) in [7, 11) is 0. The standard InChI is InChI=1S/C25H21N3O2/c29-25(26-16-18-8-1-2-9-19(18)17-28-15-7-14-27-28)24-20-10-3-5-12-22(20)30-23-13-6-4-11-21(23)24/h1-15,24H,16-17H2,(H,26,29). The largest absolute Gasteiger partial charge is 0.457 e. The number of nitrogens with one attached hydrogen (secondary N) is 1. The third-order valence-corrected chi connectivity index (χ3v) is 5.41. The van der Waals surface area contributed by atoms with Gasteiger partial charge in [0.05, 0.1) is 12.5 Å². The molecule has 0 aliphatic carbocycles. The first-order valence-corrected chi connectivity index (χ1v) is 9.97. The number of carbonyl (C=O) groups is 1. The van der Waals surface area contributed by atoms with Gasteiger partial charge in [0.15, 0.2) is 0 Å².